The van der Waals surface area contributed by atoms with Crippen molar-refractivity contribution < 1.29 is 19.5 Å². The first-order valence-corrected chi connectivity index (χ1v) is 5.55. The van der Waals surface area contributed by atoms with Crippen molar-refractivity contribution in [2.75, 3.05) is 6.54 Å². The summed E-state index contributed by atoms with van der Waals surface area (Å²) in [4.78, 5) is 33.1. The molecule has 2 atom stereocenters. The number of carboxylic acid groups (broad SMARTS) is 1. The lowest BCUT2D eigenvalue weighted by molar-refractivity contribution is -0.142. The molecule has 17 heavy (non-hydrogen) atoms. The van der Waals surface area contributed by atoms with E-state index in [0.29, 0.717) is 6.42 Å². The second-order valence-electron chi connectivity index (χ2n) is 4.05. The van der Waals surface area contributed by atoms with Crippen molar-refractivity contribution in [3.05, 3.63) is 0 Å². The molecule has 0 aromatic carbocycles. The number of nitrogens with one attached hydrogen (secondary N) is 2. The predicted octanol–water partition coefficient (Wildman–Crippen LogP) is -1.43. The molecule has 1 aliphatic rings. The maximum absolute atomic E-state index is 11.7. The van der Waals surface area contributed by atoms with E-state index in [9.17, 15) is 14.4 Å². The first kappa shape index (κ1) is 13.4. The highest BCUT2D eigenvalue weighted by Crippen LogP contribution is 2.06. The number of amides is 2. The molecule has 0 radical (unpaired) electrons. The van der Waals surface area contributed by atoms with Crippen molar-refractivity contribution >= 4 is 17.8 Å². The van der Waals surface area contributed by atoms with Crippen molar-refractivity contribution in [1.82, 2.24) is 10.6 Å². The molecule has 0 spiro atoms. The van der Waals surface area contributed by atoms with Gasteiger partial charge in [0.15, 0.2) is 0 Å². The van der Waals surface area contributed by atoms with E-state index in [-0.39, 0.29) is 24.8 Å². The van der Waals surface area contributed by atoms with Crippen LogP contribution in [0.15, 0.2) is 0 Å². The Morgan fingerprint density at radius 1 is 1.47 bits per heavy atom. The molecular weight excluding hydrogens is 226 g/mol. The Balaban J connectivity index is 2.44. The van der Waals surface area contributed by atoms with Gasteiger partial charge in [-0.05, 0) is 25.8 Å². The Hall–Kier alpha value is -1.63. The minimum Gasteiger partial charge on any atom is -0.480 e. The van der Waals surface area contributed by atoms with Crippen molar-refractivity contribution in [3.8, 4) is 0 Å². The van der Waals surface area contributed by atoms with E-state index < -0.39 is 17.9 Å². The van der Waals surface area contributed by atoms with Gasteiger partial charge in [-0.3, -0.25) is 9.59 Å². The third kappa shape index (κ3) is 4.39. The van der Waals surface area contributed by atoms with Crippen molar-refractivity contribution in [2.24, 2.45) is 5.73 Å². The summed E-state index contributed by atoms with van der Waals surface area (Å²) in [6, 6.07) is -1.39. The fourth-order valence-corrected chi connectivity index (χ4v) is 1.72. The first-order valence-electron chi connectivity index (χ1n) is 5.55. The molecular formula is C10H17N3O4. The van der Waals surface area contributed by atoms with Gasteiger partial charge in [-0.1, -0.05) is 0 Å². The van der Waals surface area contributed by atoms with E-state index >= 15 is 0 Å². The van der Waals surface area contributed by atoms with Gasteiger partial charge in [0.2, 0.25) is 11.8 Å². The predicted molar refractivity (Wildman–Crippen MR) is 59.0 cm³/mol. The standard InChI is InChI=1S/C10H17N3O4/c11-8(14)4-3-7(10(16)17)13-9(15)6-2-1-5-12-6/h6-7,12H,1-5H2,(H2,11,14)(H,13,15)(H,16,17)/t6-,7+/m1/s1. The van der Waals surface area contributed by atoms with E-state index in [2.05, 4.69) is 10.6 Å². The van der Waals surface area contributed by atoms with Crippen LogP contribution < -0.4 is 16.4 Å². The van der Waals surface area contributed by atoms with Gasteiger partial charge in [-0.15, -0.1) is 0 Å². The average Bonchev–Trinajstić information content (AvgIpc) is 2.76. The van der Waals surface area contributed by atoms with Crippen LogP contribution in [0, 0.1) is 0 Å². The number of carbonyl (C=O) groups excluding carboxylic acids is 2. The SMILES string of the molecule is NC(=O)CC[C@H](NC(=O)[C@H]1CCCN1)C(=O)O. The van der Waals surface area contributed by atoms with Crippen LogP contribution in [0.4, 0.5) is 0 Å². The molecule has 7 nitrogen and oxygen atoms in total. The fourth-order valence-electron chi connectivity index (χ4n) is 1.72. The molecule has 0 saturated carbocycles. The van der Waals surface area contributed by atoms with Crippen LogP contribution >= 0.6 is 0 Å². The summed E-state index contributed by atoms with van der Waals surface area (Å²) >= 11 is 0. The Labute approximate surface area is 98.7 Å². The van der Waals surface area contributed by atoms with Crippen LogP contribution in [-0.4, -0.2) is 41.5 Å². The minimum atomic E-state index is -1.16. The van der Waals surface area contributed by atoms with E-state index in [4.69, 9.17) is 10.8 Å². The topological polar surface area (TPSA) is 122 Å². The summed E-state index contributed by atoms with van der Waals surface area (Å²) in [7, 11) is 0. The summed E-state index contributed by atoms with van der Waals surface area (Å²) in [5.74, 6) is -2.07. The van der Waals surface area contributed by atoms with Gasteiger partial charge in [-0.2, -0.15) is 0 Å². The second-order valence-corrected chi connectivity index (χ2v) is 4.05. The average molecular weight is 243 g/mol. The van der Waals surface area contributed by atoms with Gasteiger partial charge in [-0.25, -0.2) is 4.79 Å². The number of carboxylic acids is 1. The highest BCUT2D eigenvalue weighted by atomic mass is 16.4. The third-order valence-corrected chi connectivity index (χ3v) is 2.67. The quantitative estimate of drug-likeness (QED) is 0.456. The number of carbonyl (C=O) groups is 3. The number of rotatable bonds is 6. The van der Waals surface area contributed by atoms with Crippen LogP contribution in [-0.2, 0) is 14.4 Å². The van der Waals surface area contributed by atoms with Gasteiger partial charge < -0.3 is 21.5 Å². The highest BCUT2D eigenvalue weighted by molar-refractivity contribution is 5.87. The molecule has 1 rings (SSSR count). The van der Waals surface area contributed by atoms with Crippen LogP contribution in [0.3, 0.4) is 0 Å². The minimum absolute atomic E-state index is 0.0170. The zero-order chi connectivity index (χ0) is 12.8. The lowest BCUT2D eigenvalue weighted by Gasteiger charge is -2.16. The van der Waals surface area contributed by atoms with E-state index in [1.54, 1.807) is 0 Å². The molecule has 0 aliphatic carbocycles. The van der Waals surface area contributed by atoms with Gasteiger partial charge >= 0.3 is 5.97 Å². The lowest BCUT2D eigenvalue weighted by atomic mass is 10.1. The van der Waals surface area contributed by atoms with Gasteiger partial charge in [0.05, 0.1) is 6.04 Å². The first-order chi connectivity index (χ1) is 8.00. The van der Waals surface area contributed by atoms with Crippen molar-refractivity contribution in [3.63, 3.8) is 0 Å². The number of hydrogen-bond acceptors (Lipinski definition) is 4. The fraction of sp³-hybridized carbons (Fsp3) is 0.700. The maximum atomic E-state index is 11.7. The Kier molecular flexibility index (Phi) is 4.89. The molecule has 1 fully saturated rings. The van der Waals surface area contributed by atoms with Crippen molar-refractivity contribution in [2.45, 2.75) is 37.8 Å². The lowest BCUT2D eigenvalue weighted by Crippen LogP contribution is -2.48. The summed E-state index contributed by atoms with van der Waals surface area (Å²) < 4.78 is 0. The van der Waals surface area contributed by atoms with Gasteiger partial charge in [0.1, 0.15) is 6.04 Å². The number of primary amides is 1. The van der Waals surface area contributed by atoms with Crippen LogP contribution in [0.1, 0.15) is 25.7 Å². The Bertz CT molecular complexity index is 313. The normalized spacial score (nSPS) is 20.8. The summed E-state index contributed by atoms with van der Waals surface area (Å²) in [5, 5.41) is 14.3. The molecule has 0 unspecified atom stereocenters. The molecule has 7 heteroatoms. The molecule has 2 amide bonds. The van der Waals surface area contributed by atoms with Gasteiger partial charge in [0.25, 0.3) is 0 Å². The van der Waals surface area contributed by atoms with Crippen LogP contribution in [0.2, 0.25) is 0 Å². The van der Waals surface area contributed by atoms with Gasteiger partial charge in [0, 0.05) is 6.42 Å². The maximum Gasteiger partial charge on any atom is 0.326 e. The van der Waals surface area contributed by atoms with Crippen LogP contribution in [0.25, 0.3) is 0 Å². The smallest absolute Gasteiger partial charge is 0.326 e. The summed E-state index contributed by atoms with van der Waals surface area (Å²) in [6.07, 6.45) is 1.56. The Morgan fingerprint density at radius 2 is 2.18 bits per heavy atom. The summed E-state index contributed by atoms with van der Waals surface area (Å²) in [5.41, 5.74) is 4.94. The molecule has 5 N–H and O–H groups in total. The molecule has 0 aromatic rings. The van der Waals surface area contributed by atoms with Crippen molar-refractivity contribution in [1.29, 1.82) is 0 Å². The zero-order valence-electron chi connectivity index (χ0n) is 9.44. The monoisotopic (exact) mass is 243 g/mol. The molecule has 0 bridgehead atoms. The zero-order valence-corrected chi connectivity index (χ0v) is 9.44. The molecule has 1 heterocycles. The second kappa shape index (κ2) is 6.19. The molecule has 1 saturated heterocycles. The summed E-state index contributed by atoms with van der Waals surface area (Å²) in [6.45, 7) is 0.761. The van der Waals surface area contributed by atoms with E-state index in [1.165, 1.54) is 0 Å². The van der Waals surface area contributed by atoms with Crippen LogP contribution in [0.5, 0.6) is 0 Å². The molecule has 96 valence electrons. The third-order valence-electron chi connectivity index (χ3n) is 2.67. The molecule has 1 aliphatic heterocycles. The number of hydrogen-bond donors (Lipinski definition) is 4. The number of nitrogens with two attached hydrogens (primary N) is 1. The largest absolute Gasteiger partial charge is 0.480 e. The Morgan fingerprint density at radius 3 is 2.65 bits per heavy atom. The van der Waals surface area contributed by atoms with E-state index in [0.717, 1.165) is 13.0 Å². The molecule has 0 aromatic heterocycles. The van der Waals surface area contributed by atoms with E-state index in [1.807, 2.05) is 0 Å². The highest BCUT2D eigenvalue weighted by Gasteiger charge is 2.27. The number of aliphatic carboxylic acids is 1.